The Bertz CT molecular complexity index is 505. The highest BCUT2D eigenvalue weighted by Gasteiger charge is 2.43. The van der Waals surface area contributed by atoms with E-state index in [0.29, 0.717) is 15.6 Å². The number of carbonyl (C=O) groups excluding carboxylic acids is 1. The van der Waals surface area contributed by atoms with Gasteiger partial charge >= 0.3 is 0 Å². The van der Waals surface area contributed by atoms with Crippen LogP contribution in [0, 0.1) is 0 Å². The van der Waals surface area contributed by atoms with E-state index in [-0.39, 0.29) is 6.54 Å². The Balaban J connectivity index is 2.05. The number of hydrogen-bond acceptors (Lipinski definition) is 2. The number of hydrogen-bond donors (Lipinski definition) is 1. The number of benzene rings is 1. The van der Waals surface area contributed by atoms with E-state index in [1.807, 2.05) is 0 Å². The van der Waals surface area contributed by atoms with Gasteiger partial charge in [-0.05, 0) is 12.1 Å². The van der Waals surface area contributed by atoms with E-state index in [4.69, 9.17) is 23.2 Å². The normalized spacial score (nSPS) is 20.9. The van der Waals surface area contributed by atoms with Crippen molar-refractivity contribution in [3.63, 3.8) is 0 Å². The molecule has 0 radical (unpaired) electrons. The lowest BCUT2D eigenvalue weighted by molar-refractivity contribution is -0.132. The first-order valence-electron chi connectivity index (χ1n) is 6.09. The third-order valence-corrected chi connectivity index (χ3v) is 3.95. The molecule has 0 bridgehead atoms. The molecule has 2 rings (SSSR count). The molecule has 0 saturated carbocycles. The largest absolute Gasteiger partial charge is 0.340 e. The molecule has 0 spiro atoms. The van der Waals surface area contributed by atoms with Crippen LogP contribution < -0.4 is 5.32 Å². The zero-order valence-corrected chi connectivity index (χ0v) is 12.3. The van der Waals surface area contributed by atoms with Gasteiger partial charge in [-0.15, -0.1) is 0 Å². The summed E-state index contributed by atoms with van der Waals surface area (Å²) >= 11 is 12.1. The van der Waals surface area contributed by atoms with E-state index in [9.17, 15) is 13.6 Å². The zero-order valence-electron chi connectivity index (χ0n) is 10.8. The van der Waals surface area contributed by atoms with E-state index in [0.717, 1.165) is 0 Å². The van der Waals surface area contributed by atoms with Crippen molar-refractivity contribution in [2.24, 2.45) is 0 Å². The Kier molecular flexibility index (Phi) is 4.52. The van der Waals surface area contributed by atoms with Crippen molar-refractivity contribution >= 4 is 29.1 Å². The van der Waals surface area contributed by atoms with Gasteiger partial charge in [-0.25, -0.2) is 8.78 Å². The molecule has 3 nitrogen and oxygen atoms in total. The molecule has 20 heavy (non-hydrogen) atoms. The lowest BCUT2D eigenvalue weighted by atomic mass is 10.1. The SMILES string of the molecule is CN(Cc1c(Cl)cccc1Cl)C(=O)C1CC(F)(F)CN1. The van der Waals surface area contributed by atoms with E-state index < -0.39 is 30.8 Å². The second kappa shape index (κ2) is 5.84. The minimum absolute atomic E-state index is 0.182. The summed E-state index contributed by atoms with van der Waals surface area (Å²) in [5, 5.41) is 3.43. The molecular weight excluding hydrogens is 309 g/mol. The highest BCUT2D eigenvalue weighted by atomic mass is 35.5. The van der Waals surface area contributed by atoms with Gasteiger partial charge in [0.25, 0.3) is 5.92 Å². The molecule has 1 saturated heterocycles. The van der Waals surface area contributed by atoms with E-state index >= 15 is 0 Å². The van der Waals surface area contributed by atoms with Crippen LogP contribution in [0.5, 0.6) is 0 Å². The topological polar surface area (TPSA) is 32.3 Å². The quantitative estimate of drug-likeness (QED) is 0.928. The fourth-order valence-corrected chi connectivity index (χ4v) is 2.67. The molecule has 1 unspecified atom stereocenters. The van der Waals surface area contributed by atoms with Crippen LogP contribution in [0.1, 0.15) is 12.0 Å². The maximum Gasteiger partial charge on any atom is 0.262 e. The summed E-state index contributed by atoms with van der Waals surface area (Å²) < 4.78 is 26.2. The molecule has 7 heteroatoms. The Morgan fingerprint density at radius 3 is 2.55 bits per heavy atom. The van der Waals surface area contributed by atoms with Crippen molar-refractivity contribution < 1.29 is 13.6 Å². The molecule has 1 aliphatic heterocycles. The predicted octanol–water partition coefficient (Wildman–Crippen LogP) is 2.95. The fourth-order valence-electron chi connectivity index (χ4n) is 2.15. The summed E-state index contributed by atoms with van der Waals surface area (Å²) in [4.78, 5) is 13.5. The third-order valence-electron chi connectivity index (χ3n) is 3.24. The van der Waals surface area contributed by atoms with Crippen molar-refractivity contribution in [3.05, 3.63) is 33.8 Å². The predicted molar refractivity (Wildman–Crippen MR) is 74.3 cm³/mol. The molecule has 1 N–H and O–H groups in total. The molecule has 1 aromatic carbocycles. The number of carbonyl (C=O) groups is 1. The monoisotopic (exact) mass is 322 g/mol. The number of alkyl halides is 2. The number of rotatable bonds is 3. The van der Waals surface area contributed by atoms with Crippen LogP contribution in [0.25, 0.3) is 0 Å². The van der Waals surface area contributed by atoms with Crippen LogP contribution in [0.4, 0.5) is 8.78 Å². The van der Waals surface area contributed by atoms with E-state index in [1.54, 1.807) is 25.2 Å². The molecule has 1 atom stereocenters. The zero-order chi connectivity index (χ0) is 14.9. The van der Waals surface area contributed by atoms with Crippen LogP contribution in [0.3, 0.4) is 0 Å². The minimum Gasteiger partial charge on any atom is -0.340 e. The van der Waals surface area contributed by atoms with Crippen LogP contribution in [0.15, 0.2) is 18.2 Å². The van der Waals surface area contributed by atoms with Crippen molar-refractivity contribution in [1.82, 2.24) is 10.2 Å². The number of nitrogens with zero attached hydrogens (tertiary/aromatic N) is 1. The van der Waals surface area contributed by atoms with Gasteiger partial charge in [0.1, 0.15) is 0 Å². The standard InChI is InChI=1S/C13H14Cl2F2N2O/c1-19(6-8-9(14)3-2-4-10(8)15)12(20)11-5-13(16,17)7-18-11/h2-4,11,18H,5-7H2,1H3. The number of likely N-dealkylation sites (N-methyl/N-ethyl adjacent to an activating group) is 1. The van der Waals surface area contributed by atoms with Crippen LogP contribution in [-0.4, -0.2) is 36.4 Å². The van der Waals surface area contributed by atoms with Crippen molar-refractivity contribution in [2.75, 3.05) is 13.6 Å². The molecule has 1 fully saturated rings. The highest BCUT2D eigenvalue weighted by Crippen LogP contribution is 2.28. The molecular formula is C13H14Cl2F2N2O. The van der Waals surface area contributed by atoms with Gasteiger partial charge in [0, 0.05) is 35.6 Å². The molecule has 1 aliphatic rings. The minimum atomic E-state index is -2.83. The summed E-state index contributed by atoms with van der Waals surface area (Å²) in [6, 6.07) is 4.18. The fraction of sp³-hybridized carbons (Fsp3) is 0.462. The van der Waals surface area contributed by atoms with Crippen molar-refractivity contribution in [1.29, 1.82) is 0 Å². The van der Waals surface area contributed by atoms with E-state index in [1.165, 1.54) is 4.90 Å². The van der Waals surface area contributed by atoms with Gasteiger partial charge in [0.15, 0.2) is 0 Å². The summed E-state index contributed by atoms with van der Waals surface area (Å²) in [5.41, 5.74) is 0.608. The molecule has 0 aliphatic carbocycles. The Morgan fingerprint density at radius 2 is 2.05 bits per heavy atom. The Hall–Kier alpha value is -0.910. The van der Waals surface area contributed by atoms with Crippen LogP contribution >= 0.6 is 23.2 Å². The first kappa shape index (κ1) is 15.5. The Morgan fingerprint density at radius 1 is 1.45 bits per heavy atom. The van der Waals surface area contributed by atoms with Gasteiger partial charge < -0.3 is 4.90 Å². The maximum atomic E-state index is 13.1. The first-order chi connectivity index (χ1) is 9.30. The van der Waals surface area contributed by atoms with E-state index in [2.05, 4.69) is 5.32 Å². The number of amides is 1. The van der Waals surface area contributed by atoms with Gasteiger partial charge in [-0.1, -0.05) is 29.3 Å². The molecule has 1 amide bonds. The Labute approximate surface area is 125 Å². The molecule has 1 heterocycles. The second-order valence-corrected chi connectivity index (χ2v) is 5.70. The first-order valence-corrected chi connectivity index (χ1v) is 6.85. The average Bonchev–Trinajstić information content (AvgIpc) is 2.73. The van der Waals surface area contributed by atoms with Gasteiger partial charge in [0.2, 0.25) is 5.91 Å². The maximum absolute atomic E-state index is 13.1. The van der Waals surface area contributed by atoms with Crippen LogP contribution in [0.2, 0.25) is 10.0 Å². The summed E-state index contributed by atoms with van der Waals surface area (Å²) in [5.74, 6) is -3.22. The van der Waals surface area contributed by atoms with Crippen molar-refractivity contribution in [2.45, 2.75) is 24.9 Å². The number of nitrogens with one attached hydrogen (secondary N) is 1. The lowest BCUT2D eigenvalue weighted by Crippen LogP contribution is -2.41. The van der Waals surface area contributed by atoms with Gasteiger partial charge in [0.05, 0.1) is 12.6 Å². The number of halogens is 4. The highest BCUT2D eigenvalue weighted by molar-refractivity contribution is 6.36. The molecule has 110 valence electrons. The third kappa shape index (κ3) is 3.40. The lowest BCUT2D eigenvalue weighted by Gasteiger charge is -2.22. The summed E-state index contributed by atoms with van der Waals surface area (Å²) in [6.07, 6.45) is -0.480. The van der Waals surface area contributed by atoms with Crippen LogP contribution in [-0.2, 0) is 11.3 Å². The second-order valence-electron chi connectivity index (χ2n) is 4.89. The van der Waals surface area contributed by atoms with Gasteiger partial charge in [-0.3, -0.25) is 10.1 Å². The average molecular weight is 323 g/mol. The molecule has 1 aromatic rings. The summed E-state index contributed by atoms with van der Waals surface area (Å²) in [7, 11) is 1.54. The molecule has 0 aromatic heterocycles. The smallest absolute Gasteiger partial charge is 0.262 e. The van der Waals surface area contributed by atoms with Crippen molar-refractivity contribution in [3.8, 4) is 0 Å². The summed E-state index contributed by atoms with van der Waals surface area (Å²) in [6.45, 7) is -0.287. The van der Waals surface area contributed by atoms with Gasteiger partial charge in [-0.2, -0.15) is 0 Å².